The number of hydrogen-bond acceptors (Lipinski definition) is 4. The van der Waals surface area contributed by atoms with Crippen LogP contribution in [0.3, 0.4) is 0 Å². The Bertz CT molecular complexity index is 500. The van der Waals surface area contributed by atoms with Gasteiger partial charge < -0.3 is 9.47 Å². The van der Waals surface area contributed by atoms with Gasteiger partial charge in [-0.25, -0.2) is 4.79 Å². The third-order valence-corrected chi connectivity index (χ3v) is 2.40. The summed E-state index contributed by atoms with van der Waals surface area (Å²) in [5, 5.41) is 8.87. The van der Waals surface area contributed by atoms with Gasteiger partial charge in [0.15, 0.2) is 0 Å². The second kappa shape index (κ2) is 6.17. The van der Waals surface area contributed by atoms with Gasteiger partial charge in [-0.1, -0.05) is 0 Å². The molecular weight excluding hydrogens is 268 g/mol. The molecule has 0 aliphatic heterocycles. The number of methoxy groups -OCH3 is 1. The predicted molar refractivity (Wildman–Crippen MR) is 58.7 cm³/mol. The minimum Gasteiger partial charge on any atom is -0.465 e. The largest absolute Gasteiger partial charge is 0.465 e. The van der Waals surface area contributed by atoms with Crippen molar-refractivity contribution in [2.75, 3.05) is 7.11 Å². The lowest BCUT2D eigenvalue weighted by atomic mass is 10.0. The minimum atomic E-state index is -3.05. The zero-order chi connectivity index (χ0) is 13.7. The van der Waals surface area contributed by atoms with E-state index < -0.39 is 12.6 Å². The van der Waals surface area contributed by atoms with E-state index in [1.165, 1.54) is 6.07 Å². The Labute approximate surface area is 107 Å². The Morgan fingerprint density at radius 2 is 2.22 bits per heavy atom. The summed E-state index contributed by atoms with van der Waals surface area (Å²) in [6.45, 7) is -3.05. The van der Waals surface area contributed by atoms with Crippen LogP contribution in [0.1, 0.15) is 21.5 Å². The molecule has 0 fully saturated rings. The van der Waals surface area contributed by atoms with Crippen molar-refractivity contribution in [2.24, 2.45) is 0 Å². The molecular formula is C11H8ClF2NO3. The van der Waals surface area contributed by atoms with E-state index in [1.807, 2.05) is 0 Å². The monoisotopic (exact) mass is 275 g/mol. The fourth-order valence-electron chi connectivity index (χ4n) is 1.40. The standard InChI is InChI=1S/C11H8ClF2NO3/c1-17-10(16)9-6(5-15)2-3-8(7(9)4-12)18-11(13)14/h2-3,11H,4H2,1H3. The van der Waals surface area contributed by atoms with Crippen LogP contribution in [-0.4, -0.2) is 19.7 Å². The summed E-state index contributed by atoms with van der Waals surface area (Å²) in [5.41, 5.74) is -0.171. The van der Waals surface area contributed by atoms with Crippen molar-refractivity contribution in [3.8, 4) is 11.8 Å². The first-order valence-electron chi connectivity index (χ1n) is 4.70. The highest BCUT2D eigenvalue weighted by molar-refractivity contribution is 6.18. The molecule has 0 N–H and O–H groups in total. The van der Waals surface area contributed by atoms with Crippen LogP contribution in [0.15, 0.2) is 12.1 Å². The molecule has 18 heavy (non-hydrogen) atoms. The van der Waals surface area contributed by atoms with E-state index in [1.54, 1.807) is 6.07 Å². The van der Waals surface area contributed by atoms with Crippen LogP contribution in [0.5, 0.6) is 5.75 Å². The topological polar surface area (TPSA) is 59.3 Å². The molecule has 96 valence electrons. The van der Waals surface area contributed by atoms with Crippen molar-refractivity contribution in [3.63, 3.8) is 0 Å². The number of rotatable bonds is 4. The summed E-state index contributed by atoms with van der Waals surface area (Å²) >= 11 is 5.61. The van der Waals surface area contributed by atoms with Gasteiger partial charge in [0.1, 0.15) is 11.8 Å². The Balaban J connectivity index is 3.43. The molecule has 0 spiro atoms. The number of halogens is 3. The molecule has 1 aromatic rings. The van der Waals surface area contributed by atoms with Crippen molar-refractivity contribution < 1.29 is 23.0 Å². The fraction of sp³-hybridized carbons (Fsp3) is 0.273. The van der Waals surface area contributed by atoms with Crippen LogP contribution in [0, 0.1) is 11.3 Å². The summed E-state index contributed by atoms with van der Waals surface area (Å²) in [5.74, 6) is -1.34. The molecule has 4 nitrogen and oxygen atoms in total. The van der Waals surface area contributed by atoms with Crippen LogP contribution in [0.4, 0.5) is 8.78 Å². The van der Waals surface area contributed by atoms with Crippen molar-refractivity contribution in [3.05, 3.63) is 28.8 Å². The minimum absolute atomic E-state index is 0.00265. The molecule has 0 amide bonds. The third kappa shape index (κ3) is 2.87. The van der Waals surface area contributed by atoms with Crippen LogP contribution in [0.25, 0.3) is 0 Å². The van der Waals surface area contributed by atoms with Crippen molar-refractivity contribution >= 4 is 17.6 Å². The number of carbonyl (C=O) groups is 1. The first kappa shape index (κ1) is 14.2. The maximum absolute atomic E-state index is 12.2. The quantitative estimate of drug-likeness (QED) is 0.626. The van der Waals surface area contributed by atoms with E-state index in [0.717, 1.165) is 13.2 Å². The Kier molecular flexibility index (Phi) is 4.86. The normalized spacial score (nSPS) is 10.0. The van der Waals surface area contributed by atoms with Crippen molar-refractivity contribution in [1.29, 1.82) is 5.26 Å². The van der Waals surface area contributed by atoms with Gasteiger partial charge in [0.05, 0.1) is 24.1 Å². The predicted octanol–water partition coefficient (Wildman–Crippen LogP) is 2.69. The number of benzene rings is 1. The van der Waals surface area contributed by atoms with E-state index in [4.69, 9.17) is 16.9 Å². The molecule has 1 rings (SSSR count). The van der Waals surface area contributed by atoms with Crippen molar-refractivity contribution in [1.82, 2.24) is 0 Å². The highest BCUT2D eigenvalue weighted by Crippen LogP contribution is 2.29. The lowest BCUT2D eigenvalue weighted by molar-refractivity contribution is -0.0504. The summed E-state index contributed by atoms with van der Waals surface area (Å²) < 4.78 is 33.1. The fourth-order valence-corrected chi connectivity index (χ4v) is 1.66. The van der Waals surface area contributed by atoms with Crippen LogP contribution in [-0.2, 0) is 10.6 Å². The summed E-state index contributed by atoms with van der Waals surface area (Å²) in [7, 11) is 1.11. The third-order valence-electron chi connectivity index (χ3n) is 2.13. The number of carbonyl (C=O) groups excluding carboxylic acids is 1. The molecule has 0 saturated heterocycles. The molecule has 0 aromatic heterocycles. The molecule has 0 radical (unpaired) electrons. The average Bonchev–Trinajstić information content (AvgIpc) is 2.36. The van der Waals surface area contributed by atoms with Crippen LogP contribution < -0.4 is 4.74 Å². The number of ether oxygens (including phenoxy) is 2. The van der Waals surface area contributed by atoms with Gasteiger partial charge in [-0.15, -0.1) is 11.6 Å². The zero-order valence-electron chi connectivity index (χ0n) is 9.25. The second-order valence-electron chi connectivity index (χ2n) is 3.08. The lowest BCUT2D eigenvalue weighted by Crippen LogP contribution is -2.11. The van der Waals surface area contributed by atoms with Crippen LogP contribution >= 0.6 is 11.6 Å². The molecule has 0 aliphatic carbocycles. The average molecular weight is 276 g/mol. The molecule has 7 heteroatoms. The highest BCUT2D eigenvalue weighted by Gasteiger charge is 2.22. The van der Waals surface area contributed by atoms with Gasteiger partial charge >= 0.3 is 12.6 Å². The molecule has 0 aliphatic rings. The Morgan fingerprint density at radius 1 is 1.56 bits per heavy atom. The summed E-state index contributed by atoms with van der Waals surface area (Å²) in [6, 6.07) is 4.12. The maximum Gasteiger partial charge on any atom is 0.387 e. The van der Waals surface area contributed by atoms with Gasteiger partial charge in [0, 0.05) is 5.56 Å². The number of esters is 1. The summed E-state index contributed by atoms with van der Waals surface area (Å²) in [6.07, 6.45) is 0. The second-order valence-corrected chi connectivity index (χ2v) is 3.35. The SMILES string of the molecule is COC(=O)c1c(C#N)ccc(OC(F)F)c1CCl. The Hall–Kier alpha value is -1.87. The smallest absolute Gasteiger partial charge is 0.387 e. The molecule has 0 atom stereocenters. The number of alkyl halides is 3. The molecule has 0 bridgehead atoms. The van der Waals surface area contributed by atoms with Gasteiger partial charge in [-0.3, -0.25) is 0 Å². The number of nitrogens with zero attached hydrogens (tertiary/aromatic N) is 1. The summed E-state index contributed by atoms with van der Waals surface area (Å²) in [4.78, 5) is 11.5. The number of hydrogen-bond donors (Lipinski definition) is 0. The molecule has 0 heterocycles. The van der Waals surface area contributed by atoms with Gasteiger partial charge in [-0.05, 0) is 12.1 Å². The van der Waals surface area contributed by atoms with E-state index in [9.17, 15) is 13.6 Å². The van der Waals surface area contributed by atoms with Gasteiger partial charge in [0.2, 0.25) is 0 Å². The molecule has 0 unspecified atom stereocenters. The lowest BCUT2D eigenvalue weighted by Gasteiger charge is -2.13. The highest BCUT2D eigenvalue weighted by atomic mass is 35.5. The van der Waals surface area contributed by atoms with E-state index in [2.05, 4.69) is 9.47 Å². The number of nitriles is 1. The first-order valence-corrected chi connectivity index (χ1v) is 5.23. The zero-order valence-corrected chi connectivity index (χ0v) is 10.0. The Morgan fingerprint density at radius 3 is 2.67 bits per heavy atom. The molecule has 1 aromatic carbocycles. The van der Waals surface area contributed by atoms with E-state index in [0.29, 0.717) is 0 Å². The van der Waals surface area contributed by atoms with Gasteiger partial charge in [-0.2, -0.15) is 14.0 Å². The van der Waals surface area contributed by atoms with Crippen molar-refractivity contribution in [2.45, 2.75) is 12.5 Å². The first-order chi connectivity index (χ1) is 8.54. The molecule has 0 saturated carbocycles. The van der Waals surface area contributed by atoms with E-state index >= 15 is 0 Å². The maximum atomic E-state index is 12.2. The van der Waals surface area contributed by atoms with Crippen LogP contribution in [0.2, 0.25) is 0 Å². The van der Waals surface area contributed by atoms with Gasteiger partial charge in [0.25, 0.3) is 0 Å². The van der Waals surface area contributed by atoms with E-state index in [-0.39, 0.29) is 28.3 Å².